The van der Waals surface area contributed by atoms with Crippen LogP contribution in [-0.2, 0) is 12.4 Å². The average molecular weight is 291 g/mol. The van der Waals surface area contributed by atoms with Crippen molar-refractivity contribution >= 4 is 22.6 Å². The predicted molar refractivity (Wildman–Crippen MR) is 85.2 cm³/mol. The first-order valence-corrected chi connectivity index (χ1v) is 8.33. The molecule has 0 bridgehead atoms. The number of halogens is 1. The minimum atomic E-state index is 0.497. The molecule has 20 heavy (non-hydrogen) atoms. The van der Waals surface area contributed by atoms with Crippen molar-refractivity contribution in [3.63, 3.8) is 0 Å². The maximum atomic E-state index is 6.07. The lowest BCUT2D eigenvalue weighted by Crippen LogP contribution is -2.04. The molecule has 1 aromatic heterocycles. The number of imidazole rings is 1. The lowest BCUT2D eigenvalue weighted by Gasteiger charge is -2.11. The SMILES string of the molecule is Cc1ccc2nc(CCl)n(CCCC3CCCC3)c2c1. The Hall–Kier alpha value is -1.02. The molecule has 0 unspecified atom stereocenters. The van der Waals surface area contributed by atoms with E-state index in [1.807, 2.05) is 0 Å². The second kappa shape index (κ2) is 6.17. The molecular weight excluding hydrogens is 268 g/mol. The lowest BCUT2D eigenvalue weighted by atomic mass is 10.0. The Kier molecular flexibility index (Phi) is 4.30. The zero-order valence-corrected chi connectivity index (χ0v) is 13.0. The van der Waals surface area contributed by atoms with E-state index in [1.165, 1.54) is 49.6 Å². The van der Waals surface area contributed by atoms with Gasteiger partial charge in [0.2, 0.25) is 0 Å². The highest BCUT2D eigenvalue weighted by Gasteiger charge is 2.15. The molecule has 2 aromatic rings. The summed E-state index contributed by atoms with van der Waals surface area (Å²) in [6, 6.07) is 6.46. The standard InChI is InChI=1S/C17H23ClN2/c1-13-8-9-15-16(11-13)20(17(12-18)19-15)10-4-7-14-5-2-3-6-14/h8-9,11,14H,2-7,10,12H2,1H3. The Morgan fingerprint density at radius 1 is 1.30 bits per heavy atom. The molecule has 1 fully saturated rings. The molecule has 0 aliphatic heterocycles. The zero-order valence-electron chi connectivity index (χ0n) is 12.2. The fourth-order valence-corrected chi connectivity index (χ4v) is 3.68. The van der Waals surface area contributed by atoms with Crippen molar-refractivity contribution in [2.45, 2.75) is 57.9 Å². The van der Waals surface area contributed by atoms with E-state index in [-0.39, 0.29) is 0 Å². The van der Waals surface area contributed by atoms with Crippen LogP contribution in [0.4, 0.5) is 0 Å². The number of aryl methyl sites for hydroxylation is 2. The van der Waals surface area contributed by atoms with Gasteiger partial charge in [-0.3, -0.25) is 0 Å². The van der Waals surface area contributed by atoms with Crippen LogP contribution >= 0.6 is 11.6 Å². The van der Waals surface area contributed by atoms with Crippen molar-refractivity contribution in [2.24, 2.45) is 5.92 Å². The highest BCUT2D eigenvalue weighted by atomic mass is 35.5. The van der Waals surface area contributed by atoms with Gasteiger partial charge in [0.15, 0.2) is 0 Å². The second-order valence-electron chi connectivity index (χ2n) is 6.10. The molecule has 1 aliphatic carbocycles. The first-order valence-electron chi connectivity index (χ1n) is 7.79. The first-order chi connectivity index (χ1) is 9.78. The summed E-state index contributed by atoms with van der Waals surface area (Å²) in [4.78, 5) is 4.65. The van der Waals surface area contributed by atoms with E-state index < -0.39 is 0 Å². The molecule has 3 rings (SSSR count). The largest absolute Gasteiger partial charge is 0.327 e. The van der Waals surface area contributed by atoms with E-state index in [1.54, 1.807) is 0 Å². The molecule has 0 saturated heterocycles. The van der Waals surface area contributed by atoms with E-state index in [2.05, 4.69) is 34.7 Å². The van der Waals surface area contributed by atoms with Gasteiger partial charge in [-0.1, -0.05) is 31.7 Å². The molecule has 1 heterocycles. The molecule has 3 heteroatoms. The number of hydrogen-bond acceptors (Lipinski definition) is 1. The van der Waals surface area contributed by atoms with Crippen molar-refractivity contribution in [2.75, 3.05) is 0 Å². The van der Waals surface area contributed by atoms with E-state index >= 15 is 0 Å². The van der Waals surface area contributed by atoms with Gasteiger partial charge in [-0.25, -0.2) is 4.98 Å². The lowest BCUT2D eigenvalue weighted by molar-refractivity contribution is 0.459. The summed E-state index contributed by atoms with van der Waals surface area (Å²) in [5.74, 6) is 2.47. The minimum absolute atomic E-state index is 0.497. The number of aromatic nitrogens is 2. The van der Waals surface area contributed by atoms with Crippen LogP contribution < -0.4 is 0 Å². The average Bonchev–Trinajstić information content (AvgIpc) is 3.07. The molecule has 0 spiro atoms. The monoisotopic (exact) mass is 290 g/mol. The van der Waals surface area contributed by atoms with Crippen molar-refractivity contribution in [3.8, 4) is 0 Å². The Morgan fingerprint density at radius 3 is 2.85 bits per heavy atom. The summed E-state index contributed by atoms with van der Waals surface area (Å²) in [6.45, 7) is 3.19. The predicted octanol–water partition coefficient (Wildman–Crippen LogP) is 5.05. The Bertz CT molecular complexity index is 582. The van der Waals surface area contributed by atoms with Crippen molar-refractivity contribution in [3.05, 3.63) is 29.6 Å². The van der Waals surface area contributed by atoms with E-state index in [9.17, 15) is 0 Å². The fourth-order valence-electron chi connectivity index (χ4n) is 3.47. The smallest absolute Gasteiger partial charge is 0.124 e. The molecule has 108 valence electrons. The van der Waals surface area contributed by atoms with Crippen molar-refractivity contribution < 1.29 is 0 Å². The van der Waals surface area contributed by atoms with Gasteiger partial charge in [0, 0.05) is 6.54 Å². The fraction of sp³-hybridized carbons (Fsp3) is 0.588. The van der Waals surface area contributed by atoms with Crippen LogP contribution in [0.5, 0.6) is 0 Å². The summed E-state index contributed by atoms with van der Waals surface area (Å²) >= 11 is 6.07. The van der Waals surface area contributed by atoms with Crippen LogP contribution in [0.1, 0.15) is 49.9 Å². The molecule has 0 N–H and O–H groups in total. The van der Waals surface area contributed by atoms with Crippen molar-refractivity contribution in [1.29, 1.82) is 0 Å². The number of fused-ring (bicyclic) bond motifs is 1. The summed E-state index contributed by atoms with van der Waals surface area (Å²) < 4.78 is 2.32. The van der Waals surface area contributed by atoms with Gasteiger partial charge < -0.3 is 4.57 Å². The third-order valence-corrected chi connectivity index (χ3v) is 4.81. The van der Waals surface area contributed by atoms with Gasteiger partial charge in [0.1, 0.15) is 5.82 Å². The topological polar surface area (TPSA) is 17.8 Å². The normalized spacial score (nSPS) is 16.3. The van der Waals surface area contributed by atoms with Gasteiger partial charge in [0.25, 0.3) is 0 Å². The second-order valence-corrected chi connectivity index (χ2v) is 6.37. The van der Waals surface area contributed by atoms with E-state index in [4.69, 9.17) is 11.6 Å². The van der Waals surface area contributed by atoms with Crippen LogP contribution in [0, 0.1) is 12.8 Å². The maximum Gasteiger partial charge on any atom is 0.124 e. The van der Waals surface area contributed by atoms with Crippen LogP contribution in [-0.4, -0.2) is 9.55 Å². The van der Waals surface area contributed by atoms with Gasteiger partial charge in [-0.15, -0.1) is 11.6 Å². The number of hydrogen-bond donors (Lipinski definition) is 0. The summed E-state index contributed by atoms with van der Waals surface area (Å²) in [7, 11) is 0. The quantitative estimate of drug-likeness (QED) is 0.704. The van der Waals surface area contributed by atoms with Crippen LogP contribution in [0.15, 0.2) is 18.2 Å². The van der Waals surface area contributed by atoms with Crippen LogP contribution in [0.3, 0.4) is 0 Å². The Labute approximate surface area is 126 Å². The number of benzene rings is 1. The zero-order chi connectivity index (χ0) is 13.9. The third-order valence-electron chi connectivity index (χ3n) is 4.57. The summed E-state index contributed by atoms with van der Waals surface area (Å²) in [6.07, 6.45) is 8.34. The number of alkyl halides is 1. The Morgan fingerprint density at radius 2 is 2.10 bits per heavy atom. The summed E-state index contributed by atoms with van der Waals surface area (Å²) in [5, 5.41) is 0. The third kappa shape index (κ3) is 2.85. The first kappa shape index (κ1) is 13.9. The van der Waals surface area contributed by atoms with E-state index in [0.717, 1.165) is 23.8 Å². The van der Waals surface area contributed by atoms with Crippen LogP contribution in [0.25, 0.3) is 11.0 Å². The van der Waals surface area contributed by atoms with Crippen molar-refractivity contribution in [1.82, 2.24) is 9.55 Å². The molecule has 2 nitrogen and oxygen atoms in total. The summed E-state index contributed by atoms with van der Waals surface area (Å²) in [5.41, 5.74) is 3.61. The maximum absolute atomic E-state index is 6.07. The van der Waals surface area contributed by atoms with E-state index in [0.29, 0.717) is 5.88 Å². The molecule has 0 atom stereocenters. The van der Waals surface area contributed by atoms with Gasteiger partial charge in [-0.05, 0) is 43.4 Å². The molecule has 1 saturated carbocycles. The molecule has 1 aromatic carbocycles. The number of nitrogens with zero attached hydrogens (tertiary/aromatic N) is 2. The molecule has 0 radical (unpaired) electrons. The van der Waals surface area contributed by atoms with Gasteiger partial charge in [-0.2, -0.15) is 0 Å². The molecular formula is C17H23ClN2. The minimum Gasteiger partial charge on any atom is -0.327 e. The highest BCUT2D eigenvalue weighted by molar-refractivity contribution is 6.16. The Balaban J connectivity index is 1.76. The van der Waals surface area contributed by atoms with Gasteiger partial charge >= 0.3 is 0 Å². The molecule has 1 aliphatic rings. The number of rotatable bonds is 5. The van der Waals surface area contributed by atoms with Gasteiger partial charge in [0.05, 0.1) is 16.9 Å². The highest BCUT2D eigenvalue weighted by Crippen LogP contribution is 2.29. The molecule has 0 amide bonds. The van der Waals surface area contributed by atoms with Crippen LogP contribution in [0.2, 0.25) is 0 Å².